The van der Waals surface area contributed by atoms with Gasteiger partial charge in [0.1, 0.15) is 5.82 Å². The van der Waals surface area contributed by atoms with Crippen LogP contribution in [0.25, 0.3) is 11.1 Å². The number of fused-ring (bicyclic) bond motifs is 4. The van der Waals surface area contributed by atoms with Crippen LogP contribution < -0.4 is 15.6 Å². The number of alkyl halides is 3. The highest BCUT2D eigenvalue weighted by molar-refractivity contribution is 5.91. The number of anilines is 1. The Kier molecular flexibility index (Phi) is 5.93. The second kappa shape index (κ2) is 8.96. The number of aromatic amines is 1. The topological polar surface area (TPSA) is 87.3 Å². The van der Waals surface area contributed by atoms with Gasteiger partial charge in [-0.05, 0) is 66.6 Å². The predicted octanol–water partition coefficient (Wildman–Crippen LogP) is 5.12. The van der Waals surface area contributed by atoms with Crippen LogP contribution in [-0.4, -0.2) is 39.7 Å². The lowest BCUT2D eigenvalue weighted by Gasteiger charge is -2.36. The Bertz CT molecular complexity index is 1370. The van der Waals surface area contributed by atoms with Gasteiger partial charge >= 0.3 is 12.2 Å². The maximum Gasteiger partial charge on any atom is 0.422 e. The summed E-state index contributed by atoms with van der Waals surface area (Å²) < 4.78 is 56.6. The minimum atomic E-state index is -4.48. The van der Waals surface area contributed by atoms with Crippen molar-refractivity contribution in [1.29, 1.82) is 0 Å². The highest BCUT2D eigenvalue weighted by Crippen LogP contribution is 2.43. The standard InChI is InChI=1S/C25H22F4N4O3/c1-13-6-20(19(26)9-17(13)14-2-5-23(31-10-14)36-12-25(27,28)29)32-24(35)33-16-3-4-21(33)18-11-30-22(34)8-15(18)7-16/h2,5-6,8-11,16,21H,3-4,7,12H2,1H3,(H,30,34)(H,32,35)/t16?,21-/m1/s1. The Morgan fingerprint density at radius 3 is 2.78 bits per heavy atom. The quantitative estimate of drug-likeness (QED) is 0.485. The van der Waals surface area contributed by atoms with Gasteiger partial charge in [0.25, 0.3) is 0 Å². The summed E-state index contributed by atoms with van der Waals surface area (Å²) in [6.07, 6.45) is 0.593. The van der Waals surface area contributed by atoms with Crippen molar-refractivity contribution in [2.45, 2.75) is 44.4 Å². The van der Waals surface area contributed by atoms with Crippen molar-refractivity contribution in [2.24, 2.45) is 0 Å². The van der Waals surface area contributed by atoms with Crippen LogP contribution in [0.4, 0.5) is 28.0 Å². The van der Waals surface area contributed by atoms with Gasteiger partial charge in [0.05, 0.1) is 11.7 Å². The van der Waals surface area contributed by atoms with Gasteiger partial charge in [-0.15, -0.1) is 0 Å². The first-order valence-corrected chi connectivity index (χ1v) is 11.4. The molecule has 2 amide bonds. The summed E-state index contributed by atoms with van der Waals surface area (Å²) in [6, 6.07) is 6.42. The van der Waals surface area contributed by atoms with Crippen molar-refractivity contribution >= 4 is 11.7 Å². The van der Waals surface area contributed by atoms with Gasteiger partial charge in [0.15, 0.2) is 6.61 Å². The third-order valence-electron chi connectivity index (χ3n) is 6.58. The van der Waals surface area contributed by atoms with E-state index in [0.717, 1.165) is 24.0 Å². The van der Waals surface area contributed by atoms with Gasteiger partial charge in [0, 0.05) is 36.1 Å². The normalized spacial score (nSPS) is 18.6. The molecule has 1 unspecified atom stereocenters. The number of ether oxygens (including phenoxy) is 1. The molecule has 188 valence electrons. The molecular formula is C25H22F4N4O3. The Labute approximate surface area is 203 Å². The van der Waals surface area contributed by atoms with Crippen molar-refractivity contribution in [3.8, 4) is 17.0 Å². The number of aromatic nitrogens is 2. The molecule has 2 atom stereocenters. The van der Waals surface area contributed by atoms with Gasteiger partial charge in [-0.1, -0.05) is 0 Å². The smallest absolute Gasteiger partial charge is 0.422 e. The lowest BCUT2D eigenvalue weighted by molar-refractivity contribution is -0.154. The number of hydrogen-bond acceptors (Lipinski definition) is 4. The molecule has 1 saturated heterocycles. The molecular weight excluding hydrogens is 480 g/mol. The molecule has 4 heterocycles. The summed E-state index contributed by atoms with van der Waals surface area (Å²) in [7, 11) is 0. The van der Waals surface area contributed by atoms with Crippen LogP contribution in [0.3, 0.4) is 0 Å². The fourth-order valence-electron chi connectivity index (χ4n) is 5.01. The number of nitrogens with zero attached hydrogens (tertiary/aromatic N) is 2. The van der Waals surface area contributed by atoms with Gasteiger partial charge in [-0.25, -0.2) is 14.2 Å². The third-order valence-corrected chi connectivity index (χ3v) is 6.58. The Balaban J connectivity index is 1.32. The van der Waals surface area contributed by atoms with E-state index in [9.17, 15) is 22.8 Å². The molecule has 0 saturated carbocycles. The van der Waals surface area contributed by atoms with Crippen molar-refractivity contribution in [3.05, 3.63) is 75.6 Å². The summed E-state index contributed by atoms with van der Waals surface area (Å²) in [5.41, 5.74) is 3.29. The van der Waals surface area contributed by atoms with Crippen LogP contribution in [0, 0.1) is 12.7 Å². The van der Waals surface area contributed by atoms with E-state index in [-0.39, 0.29) is 29.2 Å². The number of hydrogen-bond donors (Lipinski definition) is 2. The number of amides is 2. The van der Waals surface area contributed by atoms with E-state index in [4.69, 9.17) is 0 Å². The number of nitrogens with one attached hydrogen (secondary N) is 2. The van der Waals surface area contributed by atoms with E-state index in [1.807, 2.05) is 0 Å². The molecule has 2 aliphatic rings. The van der Waals surface area contributed by atoms with E-state index >= 15 is 4.39 Å². The second-order valence-electron chi connectivity index (χ2n) is 9.00. The minimum Gasteiger partial charge on any atom is -0.468 e. The Hall–Kier alpha value is -3.89. The first-order chi connectivity index (χ1) is 17.1. The molecule has 5 rings (SSSR count). The summed E-state index contributed by atoms with van der Waals surface area (Å²) >= 11 is 0. The van der Waals surface area contributed by atoms with Gasteiger partial charge < -0.3 is 19.9 Å². The molecule has 1 aromatic carbocycles. The van der Waals surface area contributed by atoms with Crippen LogP contribution in [0.2, 0.25) is 0 Å². The summed E-state index contributed by atoms with van der Waals surface area (Å²) in [4.78, 5) is 33.1. The highest BCUT2D eigenvalue weighted by Gasteiger charge is 2.43. The van der Waals surface area contributed by atoms with Crippen molar-refractivity contribution in [3.63, 3.8) is 0 Å². The number of rotatable bonds is 4. The monoisotopic (exact) mass is 502 g/mol. The highest BCUT2D eigenvalue weighted by atomic mass is 19.4. The maximum absolute atomic E-state index is 15.0. The maximum atomic E-state index is 15.0. The molecule has 2 bridgehead atoms. The van der Waals surface area contributed by atoms with Crippen LogP contribution in [0.1, 0.15) is 35.6 Å². The second-order valence-corrected chi connectivity index (χ2v) is 9.00. The number of carbonyl (C=O) groups is 1. The number of benzene rings is 1. The van der Waals surface area contributed by atoms with Crippen LogP contribution in [-0.2, 0) is 6.42 Å². The summed E-state index contributed by atoms with van der Waals surface area (Å²) in [6.45, 7) is 0.277. The average Bonchev–Trinajstić information content (AvgIpc) is 3.14. The minimum absolute atomic E-state index is 0.0194. The fourth-order valence-corrected chi connectivity index (χ4v) is 5.01. The molecule has 3 aromatic rings. The average molecular weight is 502 g/mol. The van der Waals surface area contributed by atoms with Crippen molar-refractivity contribution in [1.82, 2.24) is 14.9 Å². The zero-order chi connectivity index (χ0) is 25.6. The van der Waals surface area contributed by atoms with Crippen molar-refractivity contribution in [2.75, 3.05) is 11.9 Å². The molecule has 0 spiro atoms. The molecule has 2 aromatic heterocycles. The van der Waals surface area contributed by atoms with E-state index < -0.39 is 24.6 Å². The van der Waals surface area contributed by atoms with E-state index in [2.05, 4.69) is 20.0 Å². The predicted molar refractivity (Wildman–Crippen MR) is 123 cm³/mol. The number of pyridine rings is 2. The molecule has 2 aliphatic heterocycles. The van der Waals surface area contributed by atoms with E-state index in [1.165, 1.54) is 30.5 Å². The van der Waals surface area contributed by atoms with Crippen LogP contribution in [0.15, 0.2) is 47.5 Å². The van der Waals surface area contributed by atoms with Crippen molar-refractivity contribution < 1.29 is 27.1 Å². The van der Waals surface area contributed by atoms with Gasteiger partial charge in [0.2, 0.25) is 11.4 Å². The van der Waals surface area contributed by atoms with Gasteiger partial charge in [-0.2, -0.15) is 13.2 Å². The number of aryl methyl sites for hydroxylation is 1. The molecule has 2 N–H and O–H groups in total. The molecule has 11 heteroatoms. The lowest BCUT2D eigenvalue weighted by Crippen LogP contribution is -2.44. The number of halogens is 4. The Morgan fingerprint density at radius 2 is 2.06 bits per heavy atom. The first-order valence-electron chi connectivity index (χ1n) is 11.4. The molecule has 36 heavy (non-hydrogen) atoms. The molecule has 7 nitrogen and oxygen atoms in total. The Morgan fingerprint density at radius 1 is 1.25 bits per heavy atom. The zero-order valence-electron chi connectivity index (χ0n) is 19.2. The molecule has 0 radical (unpaired) electrons. The van der Waals surface area contributed by atoms with Gasteiger partial charge in [-0.3, -0.25) is 4.79 Å². The zero-order valence-corrected chi connectivity index (χ0v) is 19.2. The summed E-state index contributed by atoms with van der Waals surface area (Å²) in [5, 5.41) is 2.68. The fraction of sp³-hybridized carbons (Fsp3) is 0.320. The first kappa shape index (κ1) is 23.8. The third kappa shape index (κ3) is 4.65. The van der Waals surface area contributed by atoms with Crippen LogP contribution in [0.5, 0.6) is 5.88 Å². The lowest BCUT2D eigenvalue weighted by atomic mass is 9.95. The van der Waals surface area contributed by atoms with E-state index in [1.54, 1.807) is 24.1 Å². The largest absolute Gasteiger partial charge is 0.468 e. The number of urea groups is 1. The molecule has 1 fully saturated rings. The number of H-pyrrole nitrogens is 1. The summed E-state index contributed by atoms with van der Waals surface area (Å²) in [5.74, 6) is -0.852. The number of carbonyl (C=O) groups excluding carboxylic acids is 1. The SMILES string of the molecule is Cc1cc(NC(=O)N2C3CC[C@@H]2c2c[nH]c(=O)cc2C3)c(F)cc1-c1ccc(OCC(F)(F)F)nc1. The molecule has 0 aliphatic carbocycles. The van der Waals surface area contributed by atoms with Crippen LogP contribution >= 0.6 is 0 Å². The van der Waals surface area contributed by atoms with E-state index in [0.29, 0.717) is 23.1 Å².